The molecule has 0 aliphatic rings. The van der Waals surface area contributed by atoms with E-state index in [4.69, 9.17) is 18.0 Å². The second-order valence-electron chi connectivity index (χ2n) is 3.68. The first kappa shape index (κ1) is 13.6. The number of hydrogen-bond acceptors (Lipinski definition) is 4. The molecular formula is C9H14N2O2S3. The number of sulfonamides is 1. The Morgan fingerprint density at radius 1 is 1.56 bits per heavy atom. The molecule has 0 aliphatic heterocycles. The van der Waals surface area contributed by atoms with Crippen LogP contribution in [0.5, 0.6) is 0 Å². The fourth-order valence-electron chi connectivity index (χ4n) is 1.16. The van der Waals surface area contributed by atoms with Crippen LogP contribution in [-0.2, 0) is 10.0 Å². The third-order valence-electron chi connectivity index (χ3n) is 2.02. The quantitative estimate of drug-likeness (QED) is 0.797. The topological polar surface area (TPSA) is 72.2 Å². The van der Waals surface area contributed by atoms with Gasteiger partial charge in [-0.3, -0.25) is 0 Å². The number of rotatable bonds is 5. The molecule has 1 aromatic heterocycles. The summed E-state index contributed by atoms with van der Waals surface area (Å²) in [5, 5.41) is 1.71. The Morgan fingerprint density at radius 3 is 2.56 bits per heavy atom. The van der Waals surface area contributed by atoms with Crippen molar-refractivity contribution in [1.82, 2.24) is 4.72 Å². The van der Waals surface area contributed by atoms with Gasteiger partial charge in [-0.05, 0) is 17.4 Å². The highest BCUT2D eigenvalue weighted by atomic mass is 32.2. The van der Waals surface area contributed by atoms with Gasteiger partial charge >= 0.3 is 0 Å². The van der Waals surface area contributed by atoms with E-state index in [0.717, 1.165) is 11.3 Å². The Morgan fingerprint density at radius 2 is 2.19 bits per heavy atom. The monoisotopic (exact) mass is 278 g/mol. The first-order valence-electron chi connectivity index (χ1n) is 4.69. The Balaban J connectivity index is 2.92. The first-order valence-corrected chi connectivity index (χ1v) is 7.47. The number of nitrogens with one attached hydrogen (secondary N) is 1. The van der Waals surface area contributed by atoms with E-state index in [2.05, 4.69) is 4.72 Å². The van der Waals surface area contributed by atoms with Crippen molar-refractivity contribution in [3.8, 4) is 0 Å². The zero-order valence-corrected chi connectivity index (χ0v) is 11.5. The van der Waals surface area contributed by atoms with Crippen LogP contribution in [0, 0.1) is 5.92 Å². The van der Waals surface area contributed by atoms with Crippen molar-refractivity contribution in [3.05, 3.63) is 17.5 Å². The summed E-state index contributed by atoms with van der Waals surface area (Å²) < 4.78 is 26.6. The van der Waals surface area contributed by atoms with Crippen LogP contribution in [-0.4, -0.2) is 19.4 Å². The lowest BCUT2D eigenvalue weighted by Gasteiger charge is -2.20. The van der Waals surface area contributed by atoms with Gasteiger partial charge in [0.1, 0.15) is 4.21 Å². The standard InChI is InChI=1S/C9H14N2O2S3/c1-6(2)8(9(10)14)11-16(12,13)7-4-3-5-15-7/h3-6,8,11H,1-2H3,(H2,10,14). The van der Waals surface area contributed by atoms with Gasteiger partial charge in [0.25, 0.3) is 10.0 Å². The molecule has 1 heterocycles. The molecular weight excluding hydrogens is 264 g/mol. The summed E-state index contributed by atoms with van der Waals surface area (Å²) >= 11 is 6.01. The second-order valence-corrected chi connectivity index (χ2v) is 7.04. The molecule has 0 radical (unpaired) electrons. The smallest absolute Gasteiger partial charge is 0.250 e. The third-order valence-corrected chi connectivity index (χ3v) is 5.11. The van der Waals surface area contributed by atoms with Gasteiger partial charge in [-0.15, -0.1) is 11.3 Å². The third kappa shape index (κ3) is 3.24. The summed E-state index contributed by atoms with van der Waals surface area (Å²) in [4.78, 5) is 0.162. The molecule has 1 atom stereocenters. The summed E-state index contributed by atoms with van der Waals surface area (Å²) in [7, 11) is -3.51. The van der Waals surface area contributed by atoms with Gasteiger partial charge in [0.05, 0.1) is 11.0 Å². The number of thiocarbonyl (C=S) groups is 1. The van der Waals surface area contributed by atoms with Crippen molar-refractivity contribution in [3.63, 3.8) is 0 Å². The molecule has 3 N–H and O–H groups in total. The maximum atomic E-state index is 11.9. The maximum Gasteiger partial charge on any atom is 0.250 e. The molecule has 0 aliphatic carbocycles. The van der Waals surface area contributed by atoms with E-state index in [-0.39, 0.29) is 15.1 Å². The van der Waals surface area contributed by atoms with E-state index < -0.39 is 16.1 Å². The summed E-state index contributed by atoms with van der Waals surface area (Å²) in [6, 6.07) is 2.72. The van der Waals surface area contributed by atoms with E-state index in [1.165, 1.54) is 0 Å². The van der Waals surface area contributed by atoms with Gasteiger partial charge in [0.2, 0.25) is 0 Å². The molecule has 1 rings (SSSR count). The second kappa shape index (κ2) is 5.22. The molecule has 0 bridgehead atoms. The highest BCUT2D eigenvalue weighted by Crippen LogP contribution is 2.17. The lowest BCUT2D eigenvalue weighted by Crippen LogP contribution is -2.46. The molecule has 0 aromatic carbocycles. The minimum absolute atomic E-state index is 0.0206. The fourth-order valence-corrected chi connectivity index (χ4v) is 3.94. The van der Waals surface area contributed by atoms with E-state index in [0.29, 0.717) is 0 Å². The van der Waals surface area contributed by atoms with Crippen molar-refractivity contribution in [2.75, 3.05) is 0 Å². The number of hydrogen-bond donors (Lipinski definition) is 2. The molecule has 0 saturated carbocycles. The maximum absolute atomic E-state index is 11.9. The average molecular weight is 278 g/mol. The van der Waals surface area contributed by atoms with E-state index in [1.807, 2.05) is 13.8 Å². The van der Waals surface area contributed by atoms with Crippen LogP contribution >= 0.6 is 23.6 Å². The molecule has 7 heteroatoms. The van der Waals surface area contributed by atoms with Gasteiger partial charge in [-0.1, -0.05) is 32.1 Å². The van der Waals surface area contributed by atoms with E-state index >= 15 is 0 Å². The molecule has 16 heavy (non-hydrogen) atoms. The lowest BCUT2D eigenvalue weighted by atomic mass is 10.1. The average Bonchev–Trinajstić information content (AvgIpc) is 2.66. The van der Waals surface area contributed by atoms with Crippen LogP contribution in [0.25, 0.3) is 0 Å². The number of thiophene rings is 1. The molecule has 4 nitrogen and oxygen atoms in total. The summed E-state index contributed by atoms with van der Waals surface area (Å²) in [5.74, 6) is 0.0206. The molecule has 0 saturated heterocycles. The van der Waals surface area contributed by atoms with Crippen molar-refractivity contribution in [1.29, 1.82) is 0 Å². The van der Waals surface area contributed by atoms with Gasteiger partial charge < -0.3 is 5.73 Å². The van der Waals surface area contributed by atoms with Crippen molar-refractivity contribution in [2.45, 2.75) is 24.1 Å². The fraction of sp³-hybridized carbons (Fsp3) is 0.444. The van der Waals surface area contributed by atoms with Crippen LogP contribution in [0.1, 0.15) is 13.8 Å². The lowest BCUT2D eigenvalue weighted by molar-refractivity contribution is 0.527. The molecule has 0 spiro atoms. The SMILES string of the molecule is CC(C)C(NS(=O)(=O)c1cccs1)C(N)=S. The molecule has 0 amide bonds. The minimum atomic E-state index is -3.51. The Labute approximate surface area is 105 Å². The predicted octanol–water partition coefficient (Wildman–Crippen LogP) is 1.34. The first-order chi connectivity index (χ1) is 7.34. The summed E-state index contributed by atoms with van der Waals surface area (Å²) in [5.41, 5.74) is 5.51. The molecule has 1 aromatic rings. The van der Waals surface area contributed by atoms with Crippen molar-refractivity contribution in [2.24, 2.45) is 11.7 Å². The highest BCUT2D eigenvalue weighted by Gasteiger charge is 2.24. The van der Waals surface area contributed by atoms with Gasteiger partial charge in [-0.25, -0.2) is 13.1 Å². The molecule has 90 valence electrons. The van der Waals surface area contributed by atoms with Gasteiger partial charge in [-0.2, -0.15) is 0 Å². The summed E-state index contributed by atoms with van der Waals surface area (Å²) in [6.07, 6.45) is 0. The van der Waals surface area contributed by atoms with Crippen molar-refractivity contribution >= 4 is 38.6 Å². The summed E-state index contributed by atoms with van der Waals surface area (Å²) in [6.45, 7) is 3.72. The van der Waals surface area contributed by atoms with Crippen molar-refractivity contribution < 1.29 is 8.42 Å². The van der Waals surface area contributed by atoms with Crippen LogP contribution < -0.4 is 10.5 Å². The predicted molar refractivity (Wildman–Crippen MR) is 70.1 cm³/mol. The van der Waals surface area contributed by atoms with Gasteiger partial charge in [0.15, 0.2) is 0 Å². The van der Waals surface area contributed by atoms with Crippen LogP contribution in [0.4, 0.5) is 0 Å². The van der Waals surface area contributed by atoms with E-state index in [9.17, 15) is 8.42 Å². The Hall–Kier alpha value is -0.500. The Kier molecular flexibility index (Phi) is 4.43. The molecule has 1 unspecified atom stereocenters. The van der Waals surface area contributed by atoms with Crippen LogP contribution in [0.15, 0.2) is 21.7 Å². The normalized spacial score (nSPS) is 13.9. The van der Waals surface area contributed by atoms with Crippen LogP contribution in [0.2, 0.25) is 0 Å². The van der Waals surface area contributed by atoms with Gasteiger partial charge in [0, 0.05) is 0 Å². The minimum Gasteiger partial charge on any atom is -0.392 e. The molecule has 0 fully saturated rings. The zero-order valence-electron chi connectivity index (χ0n) is 9.01. The largest absolute Gasteiger partial charge is 0.392 e. The van der Waals surface area contributed by atoms with E-state index in [1.54, 1.807) is 17.5 Å². The number of nitrogens with two attached hydrogens (primary N) is 1. The zero-order chi connectivity index (χ0) is 12.3. The van der Waals surface area contributed by atoms with Crippen LogP contribution in [0.3, 0.4) is 0 Å². The highest BCUT2D eigenvalue weighted by molar-refractivity contribution is 7.91. The Bertz CT molecular complexity index is 451.